The number of aliphatic hydroxyl groups excluding tert-OH is 1. The quantitative estimate of drug-likeness (QED) is 0.631. The van der Waals surface area contributed by atoms with Crippen LogP contribution in [0.3, 0.4) is 0 Å². The van der Waals surface area contributed by atoms with Crippen LogP contribution in [0.2, 0.25) is 0 Å². The number of aliphatic hydroxyl groups is 1. The summed E-state index contributed by atoms with van der Waals surface area (Å²) in [6.07, 6.45) is 1.48. The molecule has 0 spiro atoms. The molecule has 0 bridgehead atoms. The Bertz CT molecular complexity index is 199. The maximum atomic E-state index is 11.7. The molecule has 4 N–H and O–H groups in total. The van der Waals surface area contributed by atoms with E-state index < -0.39 is 6.04 Å². The molecule has 4 heteroatoms. The minimum Gasteiger partial charge on any atom is -0.396 e. The van der Waals surface area contributed by atoms with Crippen LogP contribution in [0.5, 0.6) is 0 Å². The Hall–Kier alpha value is -0.610. The number of rotatable bonds is 5. The molecule has 2 atom stereocenters. The fraction of sp³-hybridized carbons (Fsp3) is 0.909. The SMILES string of the molecule is CC(CCCO)NC(=O)C(N)C(C)(C)C. The molecule has 0 fully saturated rings. The first-order valence-corrected chi connectivity index (χ1v) is 5.46. The zero-order valence-electron chi connectivity index (χ0n) is 10.2. The maximum Gasteiger partial charge on any atom is 0.237 e. The lowest BCUT2D eigenvalue weighted by atomic mass is 9.87. The molecule has 0 aromatic rings. The second-order valence-corrected chi connectivity index (χ2v) is 5.12. The highest BCUT2D eigenvalue weighted by atomic mass is 16.2. The van der Waals surface area contributed by atoms with Crippen LogP contribution < -0.4 is 11.1 Å². The number of hydrogen-bond donors (Lipinski definition) is 3. The predicted octanol–water partition coefficient (Wildman–Crippen LogP) is 0.637. The monoisotopic (exact) mass is 216 g/mol. The Morgan fingerprint density at radius 3 is 2.40 bits per heavy atom. The smallest absolute Gasteiger partial charge is 0.237 e. The topological polar surface area (TPSA) is 75.3 Å². The van der Waals surface area contributed by atoms with Crippen molar-refractivity contribution in [3.8, 4) is 0 Å². The highest BCUT2D eigenvalue weighted by Crippen LogP contribution is 2.17. The average molecular weight is 216 g/mol. The van der Waals surface area contributed by atoms with E-state index in [2.05, 4.69) is 5.32 Å². The van der Waals surface area contributed by atoms with Crippen molar-refractivity contribution >= 4 is 5.91 Å². The predicted molar refractivity (Wildman–Crippen MR) is 61.4 cm³/mol. The number of amides is 1. The van der Waals surface area contributed by atoms with E-state index in [4.69, 9.17) is 10.8 Å². The van der Waals surface area contributed by atoms with Crippen LogP contribution in [-0.2, 0) is 4.79 Å². The van der Waals surface area contributed by atoms with Gasteiger partial charge < -0.3 is 16.2 Å². The Labute approximate surface area is 92.2 Å². The molecule has 0 aromatic heterocycles. The van der Waals surface area contributed by atoms with Crippen molar-refractivity contribution in [1.82, 2.24) is 5.32 Å². The summed E-state index contributed by atoms with van der Waals surface area (Å²) in [6.45, 7) is 7.90. The van der Waals surface area contributed by atoms with Crippen LogP contribution in [0.4, 0.5) is 0 Å². The van der Waals surface area contributed by atoms with Gasteiger partial charge in [-0.15, -0.1) is 0 Å². The third-order valence-corrected chi connectivity index (χ3v) is 2.40. The van der Waals surface area contributed by atoms with Crippen LogP contribution in [0.15, 0.2) is 0 Å². The van der Waals surface area contributed by atoms with E-state index in [0.29, 0.717) is 6.42 Å². The van der Waals surface area contributed by atoms with Gasteiger partial charge in [-0.25, -0.2) is 0 Å². The molecule has 0 radical (unpaired) electrons. The second-order valence-electron chi connectivity index (χ2n) is 5.12. The largest absolute Gasteiger partial charge is 0.396 e. The minimum absolute atomic E-state index is 0.0676. The maximum absolute atomic E-state index is 11.7. The fourth-order valence-electron chi connectivity index (χ4n) is 1.20. The first-order valence-electron chi connectivity index (χ1n) is 5.46. The molecule has 2 unspecified atom stereocenters. The lowest BCUT2D eigenvalue weighted by Crippen LogP contribution is -2.50. The number of carbonyl (C=O) groups is 1. The fourth-order valence-corrected chi connectivity index (χ4v) is 1.20. The van der Waals surface area contributed by atoms with E-state index in [-0.39, 0.29) is 24.0 Å². The molecule has 0 rings (SSSR count). The highest BCUT2D eigenvalue weighted by Gasteiger charge is 2.27. The Kier molecular flexibility index (Phi) is 5.83. The lowest BCUT2D eigenvalue weighted by molar-refractivity contribution is -0.125. The van der Waals surface area contributed by atoms with Gasteiger partial charge in [0.05, 0.1) is 6.04 Å². The molecule has 1 amide bonds. The van der Waals surface area contributed by atoms with E-state index in [1.807, 2.05) is 27.7 Å². The summed E-state index contributed by atoms with van der Waals surface area (Å²) in [5.41, 5.74) is 5.59. The Morgan fingerprint density at radius 1 is 1.47 bits per heavy atom. The standard InChI is InChI=1S/C11H24N2O2/c1-8(6-5-7-14)13-10(15)9(12)11(2,3)4/h8-9,14H,5-7,12H2,1-4H3,(H,13,15). The first-order chi connectivity index (χ1) is 6.79. The molecule has 0 aliphatic heterocycles. The van der Waals surface area contributed by atoms with Gasteiger partial charge in [0.1, 0.15) is 0 Å². The third-order valence-electron chi connectivity index (χ3n) is 2.40. The van der Waals surface area contributed by atoms with E-state index in [0.717, 1.165) is 6.42 Å². The Morgan fingerprint density at radius 2 is 2.00 bits per heavy atom. The van der Waals surface area contributed by atoms with Crippen molar-refractivity contribution in [1.29, 1.82) is 0 Å². The Balaban J connectivity index is 4.02. The zero-order valence-corrected chi connectivity index (χ0v) is 10.2. The molecule has 0 aliphatic rings. The normalized spacial score (nSPS) is 15.9. The zero-order chi connectivity index (χ0) is 12.1. The molecule has 0 saturated heterocycles. The number of hydrogen-bond acceptors (Lipinski definition) is 3. The molecule has 0 aliphatic carbocycles. The van der Waals surface area contributed by atoms with Gasteiger partial charge >= 0.3 is 0 Å². The summed E-state index contributed by atoms with van der Waals surface area (Å²) < 4.78 is 0. The van der Waals surface area contributed by atoms with Gasteiger partial charge in [0, 0.05) is 12.6 Å². The van der Waals surface area contributed by atoms with Gasteiger partial charge in [-0.05, 0) is 25.2 Å². The summed E-state index contributed by atoms with van der Waals surface area (Å²) in [7, 11) is 0. The van der Waals surface area contributed by atoms with Crippen molar-refractivity contribution < 1.29 is 9.90 Å². The van der Waals surface area contributed by atoms with Crippen molar-refractivity contribution in [2.45, 2.75) is 52.6 Å². The van der Waals surface area contributed by atoms with Gasteiger partial charge in [0.25, 0.3) is 0 Å². The van der Waals surface area contributed by atoms with Gasteiger partial charge in [-0.3, -0.25) is 4.79 Å². The molecule has 90 valence electrons. The van der Waals surface area contributed by atoms with Crippen LogP contribution in [0.25, 0.3) is 0 Å². The summed E-state index contributed by atoms with van der Waals surface area (Å²) in [6, 6.07) is -0.424. The molecule has 0 heterocycles. The van der Waals surface area contributed by atoms with Crippen molar-refractivity contribution in [3.63, 3.8) is 0 Å². The van der Waals surface area contributed by atoms with E-state index >= 15 is 0 Å². The van der Waals surface area contributed by atoms with Crippen molar-refractivity contribution in [2.75, 3.05) is 6.61 Å². The second kappa shape index (κ2) is 6.08. The van der Waals surface area contributed by atoms with Crippen LogP contribution in [0.1, 0.15) is 40.5 Å². The summed E-state index contributed by atoms with van der Waals surface area (Å²) >= 11 is 0. The van der Waals surface area contributed by atoms with Gasteiger partial charge in [0.15, 0.2) is 0 Å². The molecular weight excluding hydrogens is 192 g/mol. The van der Waals surface area contributed by atoms with Crippen LogP contribution in [0, 0.1) is 5.41 Å². The average Bonchev–Trinajstić information content (AvgIpc) is 2.11. The van der Waals surface area contributed by atoms with E-state index in [1.165, 1.54) is 0 Å². The summed E-state index contributed by atoms with van der Waals surface area (Å²) in [5.74, 6) is -0.118. The van der Waals surface area contributed by atoms with Crippen LogP contribution >= 0.6 is 0 Å². The van der Waals surface area contributed by atoms with E-state index in [9.17, 15) is 4.79 Å². The van der Waals surface area contributed by atoms with Crippen LogP contribution in [-0.4, -0.2) is 29.7 Å². The molecule has 15 heavy (non-hydrogen) atoms. The third kappa shape index (κ3) is 5.74. The lowest BCUT2D eigenvalue weighted by Gasteiger charge is -2.27. The highest BCUT2D eigenvalue weighted by molar-refractivity contribution is 5.82. The van der Waals surface area contributed by atoms with Crippen molar-refractivity contribution in [2.24, 2.45) is 11.1 Å². The molecule has 4 nitrogen and oxygen atoms in total. The minimum atomic E-state index is -0.492. The van der Waals surface area contributed by atoms with Gasteiger partial charge in [-0.2, -0.15) is 0 Å². The first kappa shape index (κ1) is 14.4. The van der Waals surface area contributed by atoms with Gasteiger partial charge in [0.2, 0.25) is 5.91 Å². The number of nitrogens with two attached hydrogens (primary N) is 1. The number of carbonyl (C=O) groups excluding carboxylic acids is 1. The van der Waals surface area contributed by atoms with Crippen molar-refractivity contribution in [3.05, 3.63) is 0 Å². The summed E-state index contributed by atoms with van der Waals surface area (Å²) in [5, 5.41) is 11.5. The van der Waals surface area contributed by atoms with Gasteiger partial charge in [-0.1, -0.05) is 20.8 Å². The number of nitrogens with one attached hydrogen (secondary N) is 1. The molecular formula is C11H24N2O2. The summed E-state index contributed by atoms with van der Waals surface area (Å²) in [4.78, 5) is 11.7. The molecule has 0 saturated carbocycles. The van der Waals surface area contributed by atoms with E-state index in [1.54, 1.807) is 0 Å². The molecule has 0 aromatic carbocycles.